The molecule has 1 saturated heterocycles. The van der Waals surface area contributed by atoms with Crippen LogP contribution >= 0.6 is 0 Å². The number of piperidine rings is 1. The maximum absolute atomic E-state index is 3.94. The van der Waals surface area contributed by atoms with E-state index in [1.165, 1.54) is 18.5 Å². The Labute approximate surface area is 84.7 Å². The maximum Gasteiger partial charge on any atom is 0.0725 e. The highest BCUT2D eigenvalue weighted by Crippen LogP contribution is 2.17. The van der Waals surface area contributed by atoms with Gasteiger partial charge < -0.3 is 5.32 Å². The van der Waals surface area contributed by atoms with E-state index in [0.29, 0.717) is 6.04 Å². The van der Waals surface area contributed by atoms with Crippen LogP contribution in [0.3, 0.4) is 0 Å². The minimum atomic E-state index is 0.691. The maximum atomic E-state index is 3.94. The average Bonchev–Trinajstić information content (AvgIpc) is 2.56. The van der Waals surface area contributed by atoms with Gasteiger partial charge >= 0.3 is 0 Å². The number of rotatable bonds is 2. The number of hydrogen-bond donors (Lipinski definition) is 1. The van der Waals surface area contributed by atoms with Crippen molar-refractivity contribution in [3.05, 3.63) is 11.9 Å². The molecular formula is C10H18N4. The minimum absolute atomic E-state index is 0.691. The monoisotopic (exact) mass is 194 g/mol. The Balaban J connectivity index is 1.89. The number of nitrogens with one attached hydrogen (secondary N) is 1. The molecule has 0 spiro atoms. The van der Waals surface area contributed by atoms with Gasteiger partial charge in [0.1, 0.15) is 0 Å². The summed E-state index contributed by atoms with van der Waals surface area (Å²) in [6.07, 6.45) is 5.58. The van der Waals surface area contributed by atoms with E-state index in [1.807, 2.05) is 17.9 Å². The molecule has 0 amide bonds. The molecule has 4 nitrogen and oxygen atoms in total. The van der Waals surface area contributed by atoms with Crippen LogP contribution in [0, 0.1) is 5.92 Å². The molecule has 2 unspecified atom stereocenters. The van der Waals surface area contributed by atoms with E-state index in [9.17, 15) is 0 Å². The van der Waals surface area contributed by atoms with Crippen LogP contribution in [0.25, 0.3) is 0 Å². The normalized spacial score (nSPS) is 27.9. The van der Waals surface area contributed by atoms with Gasteiger partial charge in [0.05, 0.1) is 11.9 Å². The van der Waals surface area contributed by atoms with E-state index in [2.05, 4.69) is 22.6 Å². The van der Waals surface area contributed by atoms with Crippen LogP contribution in [0.2, 0.25) is 0 Å². The Hall–Kier alpha value is -0.900. The Kier molecular flexibility index (Phi) is 2.82. The Bertz CT molecular complexity index is 286. The summed E-state index contributed by atoms with van der Waals surface area (Å²) < 4.78 is 1.87. The van der Waals surface area contributed by atoms with Crippen molar-refractivity contribution >= 4 is 0 Å². The molecule has 2 rings (SSSR count). The second kappa shape index (κ2) is 4.09. The fourth-order valence-electron chi connectivity index (χ4n) is 2.02. The quantitative estimate of drug-likeness (QED) is 0.755. The molecule has 2 atom stereocenters. The molecule has 0 saturated carbocycles. The zero-order valence-corrected chi connectivity index (χ0v) is 8.90. The van der Waals surface area contributed by atoms with Gasteiger partial charge in [-0.25, -0.2) is 0 Å². The fraction of sp³-hybridized carbons (Fsp3) is 0.800. The highest BCUT2D eigenvalue weighted by atomic mass is 15.4. The molecule has 0 bridgehead atoms. The van der Waals surface area contributed by atoms with Crippen molar-refractivity contribution in [3.63, 3.8) is 0 Å². The van der Waals surface area contributed by atoms with Crippen LogP contribution in [-0.4, -0.2) is 27.6 Å². The van der Waals surface area contributed by atoms with Gasteiger partial charge in [0.2, 0.25) is 0 Å². The van der Waals surface area contributed by atoms with Crippen LogP contribution < -0.4 is 5.32 Å². The predicted octanol–water partition coefficient (Wildman–Crippen LogP) is 0.746. The zero-order valence-electron chi connectivity index (χ0n) is 8.90. The van der Waals surface area contributed by atoms with E-state index < -0.39 is 0 Å². The van der Waals surface area contributed by atoms with Crippen molar-refractivity contribution in [2.75, 3.05) is 6.54 Å². The highest BCUT2D eigenvalue weighted by Gasteiger charge is 2.18. The molecule has 1 N–H and O–H groups in total. The molecule has 14 heavy (non-hydrogen) atoms. The summed E-state index contributed by atoms with van der Waals surface area (Å²) in [4.78, 5) is 0. The first-order chi connectivity index (χ1) is 6.75. The van der Waals surface area contributed by atoms with E-state index in [0.717, 1.165) is 18.9 Å². The van der Waals surface area contributed by atoms with Crippen molar-refractivity contribution < 1.29 is 0 Å². The summed E-state index contributed by atoms with van der Waals surface area (Å²) in [5.41, 5.74) is 1.24. The van der Waals surface area contributed by atoms with E-state index in [4.69, 9.17) is 0 Å². The predicted molar refractivity (Wildman–Crippen MR) is 54.9 cm³/mol. The summed E-state index contributed by atoms with van der Waals surface area (Å²) >= 11 is 0. The molecule has 1 aromatic heterocycles. The Morgan fingerprint density at radius 3 is 3.00 bits per heavy atom. The first-order valence-corrected chi connectivity index (χ1v) is 5.32. The van der Waals surface area contributed by atoms with Crippen LogP contribution in [0.5, 0.6) is 0 Å². The zero-order chi connectivity index (χ0) is 9.97. The van der Waals surface area contributed by atoms with Gasteiger partial charge in [-0.2, -0.15) is 0 Å². The molecule has 1 aromatic rings. The first-order valence-electron chi connectivity index (χ1n) is 5.32. The van der Waals surface area contributed by atoms with Crippen LogP contribution in [-0.2, 0) is 13.5 Å². The van der Waals surface area contributed by atoms with Crippen molar-refractivity contribution in [2.24, 2.45) is 13.0 Å². The summed E-state index contributed by atoms with van der Waals surface area (Å²) in [5, 5.41) is 11.4. The molecule has 1 aliphatic rings. The van der Waals surface area contributed by atoms with Crippen molar-refractivity contribution in [3.8, 4) is 0 Å². The van der Waals surface area contributed by atoms with Crippen molar-refractivity contribution in [2.45, 2.75) is 32.2 Å². The van der Waals surface area contributed by atoms with Gasteiger partial charge in [0.25, 0.3) is 0 Å². The first kappa shape index (κ1) is 9.65. The van der Waals surface area contributed by atoms with Gasteiger partial charge in [-0.05, 0) is 38.6 Å². The van der Waals surface area contributed by atoms with Gasteiger partial charge in [-0.3, -0.25) is 4.68 Å². The average molecular weight is 194 g/mol. The lowest BCUT2D eigenvalue weighted by Gasteiger charge is -2.27. The molecule has 0 radical (unpaired) electrons. The third-order valence-corrected chi connectivity index (χ3v) is 3.07. The number of hydrogen-bond acceptors (Lipinski definition) is 3. The molecule has 1 aliphatic heterocycles. The van der Waals surface area contributed by atoms with Crippen molar-refractivity contribution in [1.82, 2.24) is 20.3 Å². The molecular weight excluding hydrogens is 176 g/mol. The van der Waals surface area contributed by atoms with Crippen LogP contribution in [0.15, 0.2) is 6.20 Å². The second-order valence-electron chi connectivity index (χ2n) is 4.31. The second-order valence-corrected chi connectivity index (χ2v) is 4.31. The van der Waals surface area contributed by atoms with Gasteiger partial charge in [-0.1, -0.05) is 5.21 Å². The summed E-state index contributed by atoms with van der Waals surface area (Å²) in [6.45, 7) is 3.38. The largest absolute Gasteiger partial charge is 0.314 e. The number of aromatic nitrogens is 3. The molecule has 4 heteroatoms. The Morgan fingerprint density at radius 2 is 2.43 bits per heavy atom. The van der Waals surface area contributed by atoms with Crippen molar-refractivity contribution in [1.29, 1.82) is 0 Å². The topological polar surface area (TPSA) is 42.7 Å². The van der Waals surface area contributed by atoms with E-state index in [-0.39, 0.29) is 0 Å². The Morgan fingerprint density at radius 1 is 1.57 bits per heavy atom. The van der Waals surface area contributed by atoms with Gasteiger partial charge in [0.15, 0.2) is 0 Å². The lowest BCUT2D eigenvalue weighted by Crippen LogP contribution is -2.37. The molecule has 1 fully saturated rings. The van der Waals surface area contributed by atoms with Gasteiger partial charge in [0, 0.05) is 13.1 Å². The smallest absolute Gasteiger partial charge is 0.0725 e. The summed E-state index contributed by atoms with van der Waals surface area (Å²) in [7, 11) is 1.96. The van der Waals surface area contributed by atoms with E-state index in [1.54, 1.807) is 0 Å². The summed E-state index contributed by atoms with van der Waals surface area (Å²) in [6, 6.07) is 0.691. The highest BCUT2D eigenvalue weighted by molar-refractivity contribution is 4.96. The SMILES string of the molecule is CC1CCC(Cc2cnnn2C)CN1. The van der Waals surface area contributed by atoms with Gasteiger partial charge in [-0.15, -0.1) is 5.10 Å². The lowest BCUT2D eigenvalue weighted by molar-refractivity contribution is 0.318. The fourth-order valence-corrected chi connectivity index (χ4v) is 2.02. The molecule has 0 aromatic carbocycles. The third-order valence-electron chi connectivity index (χ3n) is 3.07. The number of nitrogens with zero attached hydrogens (tertiary/aromatic N) is 3. The molecule has 78 valence electrons. The standard InChI is InChI=1S/C10H18N4/c1-8-3-4-9(6-11-8)5-10-7-12-13-14(10)2/h7-9,11H,3-6H2,1-2H3. The molecule has 2 heterocycles. The lowest BCUT2D eigenvalue weighted by atomic mass is 9.92. The van der Waals surface area contributed by atoms with E-state index >= 15 is 0 Å². The molecule has 0 aliphatic carbocycles. The third kappa shape index (κ3) is 2.12. The van der Waals surface area contributed by atoms with Crippen LogP contribution in [0.1, 0.15) is 25.5 Å². The minimum Gasteiger partial charge on any atom is -0.314 e. The van der Waals surface area contributed by atoms with Crippen LogP contribution in [0.4, 0.5) is 0 Å². The summed E-state index contributed by atoms with van der Waals surface area (Å²) in [5.74, 6) is 0.753. The number of aryl methyl sites for hydroxylation is 1.